The lowest BCUT2D eigenvalue weighted by Crippen LogP contribution is -2.54. The van der Waals surface area contributed by atoms with E-state index in [0.29, 0.717) is 0 Å². The monoisotopic (exact) mass is 117 g/mol. The van der Waals surface area contributed by atoms with Crippen molar-refractivity contribution in [2.75, 3.05) is 0 Å². The molecule has 0 bridgehead atoms. The third-order valence-electron chi connectivity index (χ3n) is 1.10. The van der Waals surface area contributed by atoms with Crippen molar-refractivity contribution >= 4 is 0 Å². The van der Waals surface area contributed by atoms with Gasteiger partial charge in [-0.1, -0.05) is 13.3 Å². The molecule has 0 spiro atoms. The number of hydrazine groups is 1. The van der Waals surface area contributed by atoms with Gasteiger partial charge in [0.2, 0.25) is 0 Å². The lowest BCUT2D eigenvalue weighted by Gasteiger charge is -2.21. The number of hydrogen-bond acceptors (Lipinski definition) is 3. The van der Waals surface area contributed by atoms with Crippen molar-refractivity contribution in [1.29, 1.82) is 0 Å². The van der Waals surface area contributed by atoms with Gasteiger partial charge in [-0.15, -0.1) is 0 Å². The van der Waals surface area contributed by atoms with Gasteiger partial charge in [0.05, 0.1) is 5.66 Å². The molecule has 8 heavy (non-hydrogen) atoms. The van der Waals surface area contributed by atoms with Gasteiger partial charge in [-0.2, -0.15) is 0 Å². The summed E-state index contributed by atoms with van der Waals surface area (Å²) >= 11 is 0. The van der Waals surface area contributed by atoms with Gasteiger partial charge in [0.1, 0.15) is 0 Å². The maximum absolute atomic E-state index is 5.59. The fraction of sp³-hybridized carbons (Fsp3) is 1.00. The summed E-state index contributed by atoms with van der Waals surface area (Å²) in [4.78, 5) is 0. The normalized spacial score (nSPS) is 18.0. The first-order chi connectivity index (χ1) is 3.62. The second-order valence-electron chi connectivity index (χ2n) is 2.31. The minimum absolute atomic E-state index is 0.380. The highest BCUT2D eigenvalue weighted by Crippen LogP contribution is 2.00. The Morgan fingerprint density at radius 1 is 1.62 bits per heavy atom. The zero-order valence-corrected chi connectivity index (χ0v) is 5.57. The highest BCUT2D eigenvalue weighted by atomic mass is 15.3. The maximum Gasteiger partial charge on any atom is 0.0761 e. The maximum atomic E-state index is 5.59. The zero-order chi connectivity index (χ0) is 6.62. The molecule has 1 atom stereocenters. The predicted molar refractivity (Wildman–Crippen MR) is 34.8 cm³/mol. The van der Waals surface area contributed by atoms with Gasteiger partial charge in [0.25, 0.3) is 0 Å². The Labute approximate surface area is 50.4 Å². The standard InChI is InChI=1S/C5H15N3/c1-3-4-5(2,6)8-7/h8H,3-4,6-7H2,1-2H3. The van der Waals surface area contributed by atoms with Gasteiger partial charge >= 0.3 is 0 Å². The predicted octanol–water partition coefficient (Wildman–Crippen LogP) is -0.0753. The second kappa shape index (κ2) is 3.02. The van der Waals surface area contributed by atoms with Crippen LogP contribution >= 0.6 is 0 Å². The molecule has 0 radical (unpaired) electrons. The molecule has 3 nitrogen and oxygen atoms in total. The van der Waals surface area contributed by atoms with Crippen molar-refractivity contribution in [3.8, 4) is 0 Å². The average molecular weight is 117 g/mol. The van der Waals surface area contributed by atoms with Crippen LogP contribution in [0.5, 0.6) is 0 Å². The molecule has 1 unspecified atom stereocenters. The summed E-state index contributed by atoms with van der Waals surface area (Å²) in [5.41, 5.74) is 7.73. The van der Waals surface area contributed by atoms with E-state index in [1.165, 1.54) is 0 Å². The Balaban J connectivity index is 3.37. The summed E-state index contributed by atoms with van der Waals surface area (Å²) in [7, 11) is 0. The molecule has 0 aliphatic heterocycles. The minimum Gasteiger partial charge on any atom is -0.313 e. The van der Waals surface area contributed by atoms with Crippen LogP contribution in [0.3, 0.4) is 0 Å². The van der Waals surface area contributed by atoms with Gasteiger partial charge < -0.3 is 5.73 Å². The Hall–Kier alpha value is -0.120. The molecule has 0 heterocycles. The van der Waals surface area contributed by atoms with E-state index in [1.807, 2.05) is 6.92 Å². The average Bonchev–Trinajstić information content (AvgIpc) is 1.67. The Bertz CT molecular complexity index is 60.7. The molecule has 5 N–H and O–H groups in total. The minimum atomic E-state index is -0.380. The molecule has 0 fully saturated rings. The number of hydrogen-bond donors (Lipinski definition) is 3. The van der Waals surface area contributed by atoms with Crippen molar-refractivity contribution in [1.82, 2.24) is 5.43 Å². The topological polar surface area (TPSA) is 64.1 Å². The molecular weight excluding hydrogens is 102 g/mol. The zero-order valence-electron chi connectivity index (χ0n) is 5.57. The van der Waals surface area contributed by atoms with Gasteiger partial charge in [-0.25, -0.2) is 5.43 Å². The summed E-state index contributed by atoms with van der Waals surface area (Å²) in [6.45, 7) is 3.94. The molecule has 0 aromatic rings. The van der Waals surface area contributed by atoms with Crippen LogP contribution in [0.4, 0.5) is 0 Å². The molecule has 0 aromatic heterocycles. The first-order valence-corrected chi connectivity index (χ1v) is 2.89. The summed E-state index contributed by atoms with van der Waals surface area (Å²) < 4.78 is 0. The first-order valence-electron chi connectivity index (χ1n) is 2.89. The number of rotatable bonds is 3. The fourth-order valence-electron chi connectivity index (χ4n) is 0.592. The Morgan fingerprint density at radius 3 is 2.25 bits per heavy atom. The second-order valence-corrected chi connectivity index (χ2v) is 2.31. The van der Waals surface area contributed by atoms with Gasteiger partial charge in [0, 0.05) is 0 Å². The van der Waals surface area contributed by atoms with Gasteiger partial charge in [-0.3, -0.25) is 5.84 Å². The molecule has 0 rings (SSSR count). The molecule has 0 saturated heterocycles. The van der Waals surface area contributed by atoms with Crippen molar-refractivity contribution in [2.45, 2.75) is 32.4 Å². The molecule has 0 aliphatic rings. The quantitative estimate of drug-likeness (QED) is 0.275. The fourth-order valence-corrected chi connectivity index (χ4v) is 0.592. The smallest absolute Gasteiger partial charge is 0.0761 e. The summed E-state index contributed by atoms with van der Waals surface area (Å²) in [6.07, 6.45) is 1.96. The summed E-state index contributed by atoms with van der Waals surface area (Å²) in [5.74, 6) is 5.12. The van der Waals surface area contributed by atoms with E-state index in [4.69, 9.17) is 11.6 Å². The highest BCUT2D eigenvalue weighted by Gasteiger charge is 2.12. The van der Waals surface area contributed by atoms with E-state index in [0.717, 1.165) is 12.8 Å². The summed E-state index contributed by atoms with van der Waals surface area (Å²) in [5, 5.41) is 0. The van der Waals surface area contributed by atoms with Crippen molar-refractivity contribution in [2.24, 2.45) is 11.6 Å². The SMILES string of the molecule is CCCC(C)(N)NN. The van der Waals surface area contributed by atoms with Crippen LogP contribution < -0.4 is 17.0 Å². The lowest BCUT2D eigenvalue weighted by molar-refractivity contribution is 0.346. The van der Waals surface area contributed by atoms with E-state index in [-0.39, 0.29) is 5.66 Å². The molecule has 50 valence electrons. The Kier molecular flexibility index (Phi) is 2.97. The third-order valence-corrected chi connectivity index (χ3v) is 1.10. The summed E-state index contributed by atoms with van der Waals surface area (Å²) in [6, 6.07) is 0. The van der Waals surface area contributed by atoms with Crippen molar-refractivity contribution in [3.63, 3.8) is 0 Å². The van der Waals surface area contributed by atoms with E-state index >= 15 is 0 Å². The number of nitrogens with two attached hydrogens (primary N) is 2. The Morgan fingerprint density at radius 2 is 2.12 bits per heavy atom. The van der Waals surface area contributed by atoms with Crippen LogP contribution in [0.25, 0.3) is 0 Å². The van der Waals surface area contributed by atoms with Gasteiger partial charge in [-0.05, 0) is 13.3 Å². The largest absolute Gasteiger partial charge is 0.313 e. The van der Waals surface area contributed by atoms with Crippen LogP contribution in [0.1, 0.15) is 26.7 Å². The van der Waals surface area contributed by atoms with Crippen molar-refractivity contribution < 1.29 is 0 Å². The van der Waals surface area contributed by atoms with E-state index in [1.54, 1.807) is 0 Å². The molecule has 3 heteroatoms. The van der Waals surface area contributed by atoms with E-state index in [9.17, 15) is 0 Å². The van der Waals surface area contributed by atoms with E-state index in [2.05, 4.69) is 12.3 Å². The highest BCUT2D eigenvalue weighted by molar-refractivity contribution is 4.70. The van der Waals surface area contributed by atoms with Gasteiger partial charge in [0.15, 0.2) is 0 Å². The van der Waals surface area contributed by atoms with Crippen molar-refractivity contribution in [3.05, 3.63) is 0 Å². The van der Waals surface area contributed by atoms with E-state index < -0.39 is 0 Å². The van der Waals surface area contributed by atoms with Crippen LogP contribution in [-0.2, 0) is 0 Å². The molecule has 0 aromatic carbocycles. The molecule has 0 aliphatic carbocycles. The lowest BCUT2D eigenvalue weighted by atomic mass is 10.1. The molecule has 0 amide bonds. The van der Waals surface area contributed by atoms with Crippen LogP contribution in [-0.4, -0.2) is 5.66 Å². The first kappa shape index (κ1) is 7.88. The van der Waals surface area contributed by atoms with Crippen LogP contribution in [0.2, 0.25) is 0 Å². The molecule has 0 saturated carbocycles. The molecular formula is C5H15N3. The van der Waals surface area contributed by atoms with Crippen LogP contribution in [0.15, 0.2) is 0 Å². The number of nitrogens with one attached hydrogen (secondary N) is 1. The third kappa shape index (κ3) is 2.96. The van der Waals surface area contributed by atoms with Crippen LogP contribution in [0, 0.1) is 0 Å².